The van der Waals surface area contributed by atoms with Gasteiger partial charge in [-0.3, -0.25) is 0 Å². The number of halogens is 1. The molecular formula is C14H24ClN3O2. The molecule has 5 nitrogen and oxygen atoms in total. The van der Waals surface area contributed by atoms with Gasteiger partial charge in [0, 0.05) is 0 Å². The smallest absolute Gasteiger partial charge is 0.252 e. The van der Waals surface area contributed by atoms with Crippen LogP contribution in [0.5, 0.6) is 0 Å². The molecule has 114 valence electrons. The molecule has 0 aliphatic heterocycles. The minimum Gasteiger partial charge on any atom is -0.368 e. The van der Waals surface area contributed by atoms with Crippen LogP contribution in [0.2, 0.25) is 0 Å². The Morgan fingerprint density at radius 3 is 2.55 bits per heavy atom. The second-order valence-electron chi connectivity index (χ2n) is 5.95. The third-order valence-corrected chi connectivity index (χ3v) is 4.40. The van der Waals surface area contributed by atoms with Gasteiger partial charge in [0.25, 0.3) is 5.89 Å². The molecule has 3 rings (SSSR count). The summed E-state index contributed by atoms with van der Waals surface area (Å²) in [5, 5.41) is 4.04. The van der Waals surface area contributed by atoms with Crippen molar-refractivity contribution in [1.82, 2.24) is 10.1 Å². The van der Waals surface area contributed by atoms with Gasteiger partial charge in [0.05, 0.1) is 11.6 Å². The third kappa shape index (κ3) is 3.51. The molecule has 2 aliphatic rings. The number of hydrogen-bond donors (Lipinski definition) is 1. The lowest BCUT2D eigenvalue weighted by atomic mass is 9.98. The van der Waals surface area contributed by atoms with Crippen LogP contribution >= 0.6 is 12.4 Å². The molecule has 0 aromatic carbocycles. The molecule has 0 saturated heterocycles. The molecule has 20 heavy (non-hydrogen) atoms. The first-order valence-electron chi connectivity index (χ1n) is 7.50. The van der Waals surface area contributed by atoms with Crippen LogP contribution < -0.4 is 5.73 Å². The summed E-state index contributed by atoms with van der Waals surface area (Å²) in [6.07, 6.45) is 10.8. The maximum absolute atomic E-state index is 6.31. The van der Waals surface area contributed by atoms with Gasteiger partial charge in [-0.15, -0.1) is 12.4 Å². The summed E-state index contributed by atoms with van der Waals surface area (Å²) in [5.74, 6) is 1.23. The van der Waals surface area contributed by atoms with E-state index in [0.717, 1.165) is 38.5 Å². The molecule has 2 N–H and O–H groups in total. The Kier molecular flexibility index (Phi) is 5.41. The van der Waals surface area contributed by atoms with E-state index in [9.17, 15) is 0 Å². The van der Waals surface area contributed by atoms with Gasteiger partial charge < -0.3 is 15.0 Å². The van der Waals surface area contributed by atoms with Crippen molar-refractivity contribution in [1.29, 1.82) is 0 Å². The van der Waals surface area contributed by atoms with Crippen LogP contribution in [0.1, 0.15) is 69.5 Å². The van der Waals surface area contributed by atoms with E-state index in [2.05, 4.69) is 10.1 Å². The molecule has 1 aromatic rings. The lowest BCUT2D eigenvalue weighted by Gasteiger charge is -2.21. The predicted octanol–water partition coefficient (Wildman–Crippen LogP) is 3.07. The summed E-state index contributed by atoms with van der Waals surface area (Å²) >= 11 is 0. The number of rotatable bonds is 4. The lowest BCUT2D eigenvalue weighted by molar-refractivity contribution is 0.00462. The van der Waals surface area contributed by atoms with E-state index in [0.29, 0.717) is 24.4 Å². The van der Waals surface area contributed by atoms with Crippen LogP contribution in [0.15, 0.2) is 4.52 Å². The highest BCUT2D eigenvalue weighted by Gasteiger charge is 2.36. The largest absolute Gasteiger partial charge is 0.368 e. The second-order valence-corrected chi connectivity index (χ2v) is 5.95. The number of ether oxygens (including phenoxy) is 1. The predicted molar refractivity (Wildman–Crippen MR) is 77.5 cm³/mol. The SMILES string of the molecule is Cl.NC1(c2noc(COC3CCCCC3)n2)CCCC1. The number of nitrogens with two attached hydrogens (primary N) is 1. The Morgan fingerprint density at radius 2 is 1.85 bits per heavy atom. The van der Waals surface area contributed by atoms with Crippen LogP contribution in [0, 0.1) is 0 Å². The summed E-state index contributed by atoms with van der Waals surface area (Å²) < 4.78 is 11.1. The zero-order valence-corrected chi connectivity index (χ0v) is 12.7. The summed E-state index contributed by atoms with van der Waals surface area (Å²) in [6.45, 7) is 0.424. The van der Waals surface area contributed by atoms with Gasteiger partial charge in [-0.2, -0.15) is 4.98 Å². The summed E-state index contributed by atoms with van der Waals surface area (Å²) in [5.41, 5.74) is 5.94. The van der Waals surface area contributed by atoms with Gasteiger partial charge in [-0.25, -0.2) is 0 Å². The van der Waals surface area contributed by atoms with E-state index in [4.69, 9.17) is 15.0 Å². The van der Waals surface area contributed by atoms with Crippen LogP contribution in [0.25, 0.3) is 0 Å². The zero-order chi connectivity index (χ0) is 13.1. The first-order chi connectivity index (χ1) is 9.26. The van der Waals surface area contributed by atoms with Crippen molar-refractivity contribution in [2.75, 3.05) is 0 Å². The molecule has 0 radical (unpaired) electrons. The minimum absolute atomic E-state index is 0. The Bertz CT molecular complexity index is 412. The van der Waals surface area contributed by atoms with Crippen LogP contribution in [-0.2, 0) is 16.9 Å². The maximum atomic E-state index is 6.31. The topological polar surface area (TPSA) is 74.2 Å². The highest BCUT2D eigenvalue weighted by Crippen LogP contribution is 2.34. The molecule has 0 atom stereocenters. The summed E-state index contributed by atoms with van der Waals surface area (Å²) in [6, 6.07) is 0. The standard InChI is InChI=1S/C14H23N3O2.ClH/c15-14(8-4-5-9-14)13-16-12(19-17-13)10-18-11-6-2-1-3-7-11;/h11H,1-10,15H2;1H. The fraction of sp³-hybridized carbons (Fsp3) is 0.857. The molecule has 0 spiro atoms. The van der Waals surface area contributed by atoms with Crippen molar-refractivity contribution >= 4 is 12.4 Å². The van der Waals surface area contributed by atoms with Crippen LogP contribution in [-0.4, -0.2) is 16.2 Å². The first-order valence-corrected chi connectivity index (χ1v) is 7.50. The molecule has 2 saturated carbocycles. The number of nitrogens with zero attached hydrogens (tertiary/aromatic N) is 2. The Morgan fingerprint density at radius 1 is 1.15 bits per heavy atom. The van der Waals surface area contributed by atoms with Gasteiger partial charge in [0.15, 0.2) is 5.82 Å². The Hall–Kier alpha value is -0.650. The van der Waals surface area contributed by atoms with E-state index in [-0.39, 0.29) is 17.9 Å². The molecular weight excluding hydrogens is 278 g/mol. The molecule has 0 bridgehead atoms. The molecule has 1 aromatic heterocycles. The minimum atomic E-state index is -0.368. The van der Waals surface area contributed by atoms with Gasteiger partial charge >= 0.3 is 0 Å². The molecule has 0 amide bonds. The van der Waals surface area contributed by atoms with Crippen molar-refractivity contribution in [3.8, 4) is 0 Å². The fourth-order valence-corrected chi connectivity index (χ4v) is 3.17. The highest BCUT2D eigenvalue weighted by molar-refractivity contribution is 5.85. The van der Waals surface area contributed by atoms with Gasteiger partial charge in [0.2, 0.25) is 0 Å². The molecule has 2 aliphatic carbocycles. The second kappa shape index (κ2) is 6.87. The third-order valence-electron chi connectivity index (χ3n) is 4.40. The van der Waals surface area contributed by atoms with Crippen molar-refractivity contribution in [3.63, 3.8) is 0 Å². The fourth-order valence-electron chi connectivity index (χ4n) is 3.17. The van der Waals surface area contributed by atoms with E-state index < -0.39 is 0 Å². The molecule has 6 heteroatoms. The Balaban J connectivity index is 0.00000147. The quantitative estimate of drug-likeness (QED) is 0.925. The molecule has 1 heterocycles. The van der Waals surface area contributed by atoms with E-state index in [1.807, 2.05) is 0 Å². The van der Waals surface area contributed by atoms with Crippen LogP contribution in [0.4, 0.5) is 0 Å². The van der Waals surface area contributed by atoms with Crippen LogP contribution in [0.3, 0.4) is 0 Å². The van der Waals surface area contributed by atoms with Crippen molar-refractivity contribution < 1.29 is 9.26 Å². The molecule has 0 unspecified atom stereocenters. The van der Waals surface area contributed by atoms with Gasteiger partial charge in [-0.1, -0.05) is 37.3 Å². The zero-order valence-electron chi connectivity index (χ0n) is 11.8. The summed E-state index contributed by atoms with van der Waals surface area (Å²) in [4.78, 5) is 4.42. The Labute approximate surface area is 126 Å². The first kappa shape index (κ1) is 15.7. The average Bonchev–Trinajstić information content (AvgIpc) is 3.07. The van der Waals surface area contributed by atoms with Crippen molar-refractivity contribution in [3.05, 3.63) is 11.7 Å². The summed E-state index contributed by atoms with van der Waals surface area (Å²) in [7, 11) is 0. The van der Waals surface area contributed by atoms with E-state index >= 15 is 0 Å². The highest BCUT2D eigenvalue weighted by atomic mass is 35.5. The van der Waals surface area contributed by atoms with Crippen molar-refractivity contribution in [2.24, 2.45) is 5.73 Å². The van der Waals surface area contributed by atoms with Crippen molar-refractivity contribution in [2.45, 2.75) is 76.0 Å². The van der Waals surface area contributed by atoms with Gasteiger partial charge in [0.1, 0.15) is 6.61 Å². The number of aromatic nitrogens is 2. The normalized spacial score (nSPS) is 22.6. The average molecular weight is 302 g/mol. The monoisotopic (exact) mass is 301 g/mol. The lowest BCUT2D eigenvalue weighted by Crippen LogP contribution is -2.34. The van der Waals surface area contributed by atoms with Gasteiger partial charge in [-0.05, 0) is 25.7 Å². The molecule has 2 fully saturated rings. The maximum Gasteiger partial charge on any atom is 0.252 e. The number of hydrogen-bond acceptors (Lipinski definition) is 5. The van der Waals surface area contributed by atoms with E-state index in [1.54, 1.807) is 0 Å². The van der Waals surface area contributed by atoms with E-state index in [1.165, 1.54) is 19.3 Å².